The second-order valence-corrected chi connectivity index (χ2v) is 13.3. The number of fused-ring (bicyclic) bond motifs is 1. The number of piperidine rings is 1. The number of nitrogen functional groups attached to an aromatic ring is 1. The van der Waals surface area contributed by atoms with Crippen LogP contribution in [-0.2, 0) is 43.2 Å². The Kier molecular flexibility index (Phi) is 9.75. The summed E-state index contributed by atoms with van der Waals surface area (Å²) in [7, 11) is -1.95. The van der Waals surface area contributed by atoms with Crippen LogP contribution >= 0.6 is 0 Å². The Morgan fingerprint density at radius 3 is 2.42 bits per heavy atom. The number of amidine groups is 1. The summed E-state index contributed by atoms with van der Waals surface area (Å²) in [5.41, 5.74) is 8.08. The predicted molar refractivity (Wildman–Crippen MR) is 167 cm³/mol. The molecular formula is C30H41N7O5S. The number of nitrogens with one attached hydrogen (secondary N) is 3. The number of esters is 1. The molecule has 4 rings (SSSR count). The third kappa shape index (κ3) is 7.16. The fourth-order valence-electron chi connectivity index (χ4n) is 5.37. The first-order chi connectivity index (χ1) is 20.3. The van der Waals surface area contributed by atoms with Gasteiger partial charge in [-0.3, -0.25) is 15.5 Å². The number of carbonyl (C=O) groups excluding carboxylic acids is 2. The van der Waals surface area contributed by atoms with E-state index in [1.807, 2.05) is 46.8 Å². The molecule has 1 fully saturated rings. The van der Waals surface area contributed by atoms with Gasteiger partial charge in [0.1, 0.15) is 11.7 Å². The van der Waals surface area contributed by atoms with Gasteiger partial charge in [0.15, 0.2) is 9.84 Å². The number of nitrogens with zero attached hydrogens (tertiary/aromatic N) is 3. The summed E-state index contributed by atoms with van der Waals surface area (Å²) in [5, 5.41) is 12.1. The highest BCUT2D eigenvalue weighted by Gasteiger charge is 2.41. The molecule has 2 atom stereocenters. The molecule has 1 aromatic heterocycles. The number of benzene rings is 2. The Labute approximate surface area is 252 Å². The van der Waals surface area contributed by atoms with E-state index in [0.29, 0.717) is 36.3 Å². The van der Waals surface area contributed by atoms with Gasteiger partial charge in [0.2, 0.25) is 11.3 Å². The van der Waals surface area contributed by atoms with E-state index >= 15 is 0 Å². The van der Waals surface area contributed by atoms with Gasteiger partial charge in [-0.1, -0.05) is 6.07 Å². The van der Waals surface area contributed by atoms with Gasteiger partial charge in [0.25, 0.3) is 0 Å². The van der Waals surface area contributed by atoms with Gasteiger partial charge in [0, 0.05) is 44.2 Å². The minimum absolute atomic E-state index is 0.00593. The van der Waals surface area contributed by atoms with Crippen molar-refractivity contribution in [1.82, 2.24) is 19.8 Å². The SMILES string of the molecule is CCOC(=O)C(NCC(C)(C(=O)N1CCCCC1)c1ccc2c(c1)nc(CNc1ccc(C(=N)N)cc1)n2C)S(C)(=O)=O. The van der Waals surface area contributed by atoms with E-state index in [0.717, 1.165) is 42.5 Å². The number of hydrogen-bond acceptors (Lipinski definition) is 9. The van der Waals surface area contributed by atoms with E-state index in [1.165, 1.54) is 0 Å². The summed E-state index contributed by atoms with van der Waals surface area (Å²) >= 11 is 0. The molecule has 1 amide bonds. The molecule has 2 heterocycles. The zero-order valence-corrected chi connectivity index (χ0v) is 26.0. The average Bonchev–Trinajstić information content (AvgIpc) is 3.30. The van der Waals surface area contributed by atoms with E-state index in [1.54, 1.807) is 26.0 Å². The lowest BCUT2D eigenvalue weighted by molar-refractivity contribution is -0.144. The van der Waals surface area contributed by atoms with Gasteiger partial charge in [-0.25, -0.2) is 18.2 Å². The summed E-state index contributed by atoms with van der Waals surface area (Å²) in [5.74, 6) is -0.260. The molecule has 5 N–H and O–H groups in total. The van der Waals surface area contributed by atoms with Crippen LogP contribution in [0.3, 0.4) is 0 Å². The maximum absolute atomic E-state index is 14.1. The van der Waals surface area contributed by atoms with Crippen LogP contribution in [0.4, 0.5) is 5.69 Å². The van der Waals surface area contributed by atoms with E-state index in [2.05, 4.69) is 10.6 Å². The van der Waals surface area contributed by atoms with Gasteiger partial charge in [-0.05, 0) is 75.1 Å². The van der Waals surface area contributed by atoms with E-state index in [-0.39, 0.29) is 24.9 Å². The molecule has 12 nitrogen and oxygen atoms in total. The monoisotopic (exact) mass is 611 g/mol. The zero-order valence-electron chi connectivity index (χ0n) is 25.1. The Morgan fingerprint density at radius 1 is 1.14 bits per heavy atom. The van der Waals surface area contributed by atoms with Crippen molar-refractivity contribution in [2.45, 2.75) is 50.4 Å². The van der Waals surface area contributed by atoms with Crippen LogP contribution in [0.25, 0.3) is 11.0 Å². The number of rotatable bonds is 12. The molecule has 3 aromatic rings. The minimum atomic E-state index is -3.86. The van der Waals surface area contributed by atoms with Crippen LogP contribution in [0.1, 0.15) is 50.1 Å². The molecule has 232 valence electrons. The zero-order chi connectivity index (χ0) is 31.4. The van der Waals surface area contributed by atoms with Crippen LogP contribution in [0.5, 0.6) is 0 Å². The quantitative estimate of drug-likeness (QED) is 0.136. The highest BCUT2D eigenvalue weighted by Crippen LogP contribution is 2.31. The number of ether oxygens (including phenoxy) is 1. The second kappa shape index (κ2) is 13.1. The lowest BCUT2D eigenvalue weighted by atomic mass is 9.80. The van der Waals surface area contributed by atoms with Crippen molar-refractivity contribution in [2.75, 3.05) is 37.8 Å². The van der Waals surface area contributed by atoms with Crippen molar-refractivity contribution in [3.05, 3.63) is 59.4 Å². The normalized spacial score (nSPS) is 16.0. The van der Waals surface area contributed by atoms with Crippen molar-refractivity contribution in [2.24, 2.45) is 12.8 Å². The number of imidazole rings is 1. The highest BCUT2D eigenvalue weighted by molar-refractivity contribution is 7.92. The van der Waals surface area contributed by atoms with Crippen LogP contribution in [-0.4, -0.2) is 78.5 Å². The molecule has 43 heavy (non-hydrogen) atoms. The first kappa shape index (κ1) is 32.0. The fourth-order valence-corrected chi connectivity index (χ4v) is 6.17. The van der Waals surface area contributed by atoms with E-state index in [9.17, 15) is 18.0 Å². The molecule has 0 radical (unpaired) electrons. The molecule has 1 aliphatic rings. The molecule has 1 saturated heterocycles. The van der Waals surface area contributed by atoms with Gasteiger partial charge in [-0.15, -0.1) is 0 Å². The average molecular weight is 612 g/mol. The molecule has 0 aliphatic carbocycles. The summed E-state index contributed by atoms with van der Waals surface area (Å²) in [4.78, 5) is 33.3. The molecule has 13 heteroatoms. The van der Waals surface area contributed by atoms with Crippen molar-refractivity contribution in [1.29, 1.82) is 5.41 Å². The Hall–Kier alpha value is -3.97. The fraction of sp³-hybridized carbons (Fsp3) is 0.467. The number of nitrogens with two attached hydrogens (primary N) is 1. The lowest BCUT2D eigenvalue weighted by Crippen LogP contribution is -2.55. The van der Waals surface area contributed by atoms with E-state index in [4.69, 9.17) is 20.9 Å². The summed E-state index contributed by atoms with van der Waals surface area (Å²) < 4.78 is 32.0. The minimum Gasteiger partial charge on any atom is -0.464 e. The first-order valence-corrected chi connectivity index (χ1v) is 16.3. The Morgan fingerprint density at radius 2 is 1.81 bits per heavy atom. The molecule has 2 unspecified atom stereocenters. The number of sulfone groups is 1. The molecule has 1 aliphatic heterocycles. The van der Waals surface area contributed by atoms with Gasteiger partial charge in [0.05, 0.1) is 29.6 Å². The molecular weight excluding hydrogens is 570 g/mol. The molecule has 2 aromatic carbocycles. The molecule has 0 saturated carbocycles. The van der Waals surface area contributed by atoms with E-state index < -0.39 is 26.6 Å². The van der Waals surface area contributed by atoms with Gasteiger partial charge < -0.3 is 25.3 Å². The molecule has 0 spiro atoms. The predicted octanol–water partition coefficient (Wildman–Crippen LogP) is 2.26. The molecule has 0 bridgehead atoms. The maximum atomic E-state index is 14.1. The number of carbonyl (C=O) groups is 2. The van der Waals surface area contributed by atoms with Crippen molar-refractivity contribution >= 4 is 44.3 Å². The number of anilines is 1. The van der Waals surface area contributed by atoms with Crippen LogP contribution in [0.2, 0.25) is 0 Å². The topological polar surface area (TPSA) is 172 Å². The number of hydrogen-bond donors (Lipinski definition) is 4. The summed E-state index contributed by atoms with van der Waals surface area (Å²) in [6.07, 6.45) is 3.82. The Bertz CT molecular complexity index is 1600. The third-order valence-electron chi connectivity index (χ3n) is 7.94. The number of likely N-dealkylation sites (tertiary alicyclic amines) is 1. The Balaban J connectivity index is 1.65. The van der Waals surface area contributed by atoms with Crippen molar-refractivity contribution < 1.29 is 22.7 Å². The standard InChI is InChI=1S/C30H41N7O5S/c1-5-42-28(38)27(43(4,40)41)34-19-30(2,29(39)37-15-7-6-8-16-37)21-11-14-24-23(17-21)35-25(36(24)3)18-33-22-12-9-20(10-13-22)26(31)32/h9-14,17,27,33-34H,5-8,15-16,18-19H2,1-4H3,(H3,31,32). The van der Waals surface area contributed by atoms with Gasteiger partial charge in [-0.2, -0.15) is 0 Å². The first-order valence-electron chi connectivity index (χ1n) is 14.4. The second-order valence-electron chi connectivity index (χ2n) is 11.2. The smallest absolute Gasteiger partial charge is 0.338 e. The van der Waals surface area contributed by atoms with Gasteiger partial charge >= 0.3 is 5.97 Å². The van der Waals surface area contributed by atoms with Crippen molar-refractivity contribution in [3.8, 4) is 0 Å². The third-order valence-corrected chi connectivity index (χ3v) is 9.16. The van der Waals surface area contributed by atoms with Crippen LogP contribution in [0, 0.1) is 5.41 Å². The summed E-state index contributed by atoms with van der Waals surface area (Å²) in [6, 6.07) is 12.9. The number of aromatic nitrogens is 2. The van der Waals surface area contributed by atoms with Crippen LogP contribution in [0.15, 0.2) is 42.5 Å². The lowest BCUT2D eigenvalue weighted by Gasteiger charge is -2.37. The highest BCUT2D eigenvalue weighted by atomic mass is 32.2. The maximum Gasteiger partial charge on any atom is 0.338 e. The number of aryl methyl sites for hydroxylation is 1. The largest absolute Gasteiger partial charge is 0.464 e. The van der Waals surface area contributed by atoms with Crippen molar-refractivity contribution in [3.63, 3.8) is 0 Å². The van der Waals surface area contributed by atoms with Crippen LogP contribution < -0.4 is 16.4 Å². The number of amides is 1. The summed E-state index contributed by atoms with van der Waals surface area (Å²) in [6.45, 7) is 5.00.